The molecular formula is C15H18N2O2. The second-order valence-electron chi connectivity index (χ2n) is 5.59. The number of hydrogen-bond donors (Lipinski definition) is 1. The molecule has 1 N–H and O–H groups in total. The van der Waals surface area contributed by atoms with Crippen molar-refractivity contribution in [3.05, 3.63) is 58.3 Å². The molecule has 0 fully saturated rings. The molecule has 100 valence electrons. The fraction of sp³-hybridized carbons (Fsp3) is 0.333. The zero-order chi connectivity index (χ0) is 14.0. The summed E-state index contributed by atoms with van der Waals surface area (Å²) in [5, 5.41) is 9.62. The van der Waals surface area contributed by atoms with E-state index in [0.717, 1.165) is 11.4 Å². The van der Waals surface area contributed by atoms with Crippen LogP contribution in [0.5, 0.6) is 5.75 Å². The van der Waals surface area contributed by atoms with Gasteiger partial charge in [0.2, 0.25) is 0 Å². The third-order valence-corrected chi connectivity index (χ3v) is 2.93. The van der Waals surface area contributed by atoms with Gasteiger partial charge < -0.3 is 9.67 Å². The first-order valence-corrected chi connectivity index (χ1v) is 6.22. The Morgan fingerprint density at radius 3 is 2.58 bits per heavy atom. The predicted molar refractivity (Wildman–Crippen MR) is 74.4 cm³/mol. The molecule has 0 unspecified atom stereocenters. The molecule has 2 heterocycles. The quantitative estimate of drug-likeness (QED) is 0.899. The smallest absolute Gasteiger partial charge is 0.254 e. The van der Waals surface area contributed by atoms with Crippen LogP contribution in [0.4, 0.5) is 0 Å². The molecule has 0 saturated heterocycles. The first kappa shape index (κ1) is 13.3. The van der Waals surface area contributed by atoms with E-state index in [2.05, 4.69) is 4.98 Å². The van der Waals surface area contributed by atoms with E-state index in [1.807, 2.05) is 39.0 Å². The highest BCUT2D eigenvalue weighted by atomic mass is 16.3. The molecule has 0 atom stereocenters. The Kier molecular flexibility index (Phi) is 3.42. The van der Waals surface area contributed by atoms with Crippen molar-refractivity contribution in [2.45, 2.75) is 32.7 Å². The molecule has 2 aromatic heterocycles. The second kappa shape index (κ2) is 4.88. The summed E-state index contributed by atoms with van der Waals surface area (Å²) in [6.45, 7) is 6.44. The first-order valence-electron chi connectivity index (χ1n) is 6.22. The fourth-order valence-electron chi connectivity index (χ4n) is 2.02. The normalized spacial score (nSPS) is 11.5. The van der Waals surface area contributed by atoms with Gasteiger partial charge in [0.05, 0.1) is 12.2 Å². The zero-order valence-electron chi connectivity index (χ0n) is 11.4. The van der Waals surface area contributed by atoms with Crippen LogP contribution in [0.1, 0.15) is 32.2 Å². The Labute approximate surface area is 112 Å². The van der Waals surface area contributed by atoms with Gasteiger partial charge in [-0.15, -0.1) is 0 Å². The zero-order valence-corrected chi connectivity index (χ0v) is 11.4. The van der Waals surface area contributed by atoms with Crippen molar-refractivity contribution in [1.82, 2.24) is 9.55 Å². The molecule has 0 aliphatic carbocycles. The fourth-order valence-corrected chi connectivity index (χ4v) is 2.02. The molecule has 0 amide bonds. The van der Waals surface area contributed by atoms with Crippen LogP contribution in [0, 0.1) is 0 Å². The maximum atomic E-state index is 12.1. The van der Waals surface area contributed by atoms with Crippen molar-refractivity contribution >= 4 is 0 Å². The standard InChI is InChI=1S/C15H18N2O2/c1-15(2,3)13-8-12(18)9-14(19)17(13)10-11-6-4-5-7-16-11/h4-9,18H,10H2,1-3H3. The van der Waals surface area contributed by atoms with E-state index in [1.165, 1.54) is 6.07 Å². The van der Waals surface area contributed by atoms with Crippen molar-refractivity contribution < 1.29 is 5.11 Å². The number of pyridine rings is 2. The second-order valence-corrected chi connectivity index (χ2v) is 5.59. The van der Waals surface area contributed by atoms with Crippen molar-refractivity contribution in [3.63, 3.8) is 0 Å². The van der Waals surface area contributed by atoms with Gasteiger partial charge in [0.25, 0.3) is 5.56 Å². The number of aromatic nitrogens is 2. The van der Waals surface area contributed by atoms with E-state index < -0.39 is 0 Å². The monoisotopic (exact) mass is 258 g/mol. The summed E-state index contributed by atoms with van der Waals surface area (Å²) in [4.78, 5) is 16.3. The third-order valence-electron chi connectivity index (χ3n) is 2.93. The van der Waals surface area contributed by atoms with Gasteiger partial charge in [-0.05, 0) is 12.1 Å². The van der Waals surface area contributed by atoms with Crippen LogP contribution in [0.25, 0.3) is 0 Å². The lowest BCUT2D eigenvalue weighted by Gasteiger charge is -2.24. The van der Waals surface area contributed by atoms with Crippen LogP contribution in [-0.4, -0.2) is 14.7 Å². The summed E-state index contributed by atoms with van der Waals surface area (Å²) in [5.74, 6) is 0.00666. The van der Waals surface area contributed by atoms with E-state index in [4.69, 9.17) is 0 Å². The summed E-state index contributed by atoms with van der Waals surface area (Å²) in [5.41, 5.74) is 1.17. The van der Waals surface area contributed by atoms with Crippen LogP contribution in [-0.2, 0) is 12.0 Å². The lowest BCUT2D eigenvalue weighted by molar-refractivity contribution is 0.455. The Bertz CT molecular complexity index is 625. The minimum absolute atomic E-state index is 0.00666. The van der Waals surface area contributed by atoms with E-state index in [0.29, 0.717) is 6.54 Å². The van der Waals surface area contributed by atoms with E-state index in [9.17, 15) is 9.90 Å². The molecule has 0 bridgehead atoms. The molecule has 0 aliphatic heterocycles. The van der Waals surface area contributed by atoms with Crippen LogP contribution in [0.15, 0.2) is 41.3 Å². The molecule has 4 heteroatoms. The Hall–Kier alpha value is -2.10. The minimum Gasteiger partial charge on any atom is -0.508 e. The van der Waals surface area contributed by atoms with Gasteiger partial charge in [0, 0.05) is 29.4 Å². The lowest BCUT2D eigenvalue weighted by Crippen LogP contribution is -2.29. The molecule has 0 aromatic carbocycles. The van der Waals surface area contributed by atoms with Gasteiger partial charge in [-0.2, -0.15) is 0 Å². The molecule has 0 spiro atoms. The molecule has 4 nitrogen and oxygen atoms in total. The molecule has 2 aromatic rings. The Balaban J connectivity index is 2.53. The van der Waals surface area contributed by atoms with Crippen molar-refractivity contribution in [2.75, 3.05) is 0 Å². The minimum atomic E-state index is -0.229. The predicted octanol–water partition coefficient (Wildman–Crippen LogP) is 2.29. The topological polar surface area (TPSA) is 55.1 Å². The van der Waals surface area contributed by atoms with Crippen molar-refractivity contribution in [3.8, 4) is 5.75 Å². The van der Waals surface area contributed by atoms with Crippen LogP contribution >= 0.6 is 0 Å². The van der Waals surface area contributed by atoms with Gasteiger partial charge in [-0.3, -0.25) is 9.78 Å². The van der Waals surface area contributed by atoms with Gasteiger partial charge >= 0.3 is 0 Å². The summed E-state index contributed by atoms with van der Waals surface area (Å²) < 4.78 is 1.65. The molecule has 0 saturated carbocycles. The van der Waals surface area contributed by atoms with E-state index in [1.54, 1.807) is 16.8 Å². The number of hydrogen-bond acceptors (Lipinski definition) is 3. The van der Waals surface area contributed by atoms with Crippen LogP contribution in [0.3, 0.4) is 0 Å². The lowest BCUT2D eigenvalue weighted by atomic mass is 9.91. The highest BCUT2D eigenvalue weighted by Gasteiger charge is 2.20. The molecule has 0 radical (unpaired) electrons. The van der Waals surface area contributed by atoms with Crippen molar-refractivity contribution in [1.29, 1.82) is 0 Å². The van der Waals surface area contributed by atoms with Crippen LogP contribution in [0.2, 0.25) is 0 Å². The summed E-state index contributed by atoms with van der Waals surface area (Å²) in [7, 11) is 0. The highest BCUT2D eigenvalue weighted by Crippen LogP contribution is 2.24. The maximum Gasteiger partial charge on any atom is 0.254 e. The molecule has 2 rings (SSSR count). The average molecular weight is 258 g/mol. The molecule has 19 heavy (non-hydrogen) atoms. The average Bonchev–Trinajstić information content (AvgIpc) is 2.32. The summed E-state index contributed by atoms with van der Waals surface area (Å²) >= 11 is 0. The van der Waals surface area contributed by atoms with Gasteiger partial charge in [0.1, 0.15) is 5.75 Å². The maximum absolute atomic E-state index is 12.1. The third kappa shape index (κ3) is 3.02. The Morgan fingerprint density at radius 1 is 1.26 bits per heavy atom. The van der Waals surface area contributed by atoms with Gasteiger partial charge in [-0.25, -0.2) is 0 Å². The van der Waals surface area contributed by atoms with Crippen molar-refractivity contribution in [2.24, 2.45) is 0 Å². The SMILES string of the molecule is CC(C)(C)c1cc(O)cc(=O)n1Cc1ccccn1. The van der Waals surface area contributed by atoms with Gasteiger partial charge in [-0.1, -0.05) is 26.8 Å². The Morgan fingerprint density at radius 2 is 2.00 bits per heavy atom. The highest BCUT2D eigenvalue weighted by molar-refractivity contribution is 5.27. The number of rotatable bonds is 2. The number of nitrogens with zero attached hydrogens (tertiary/aromatic N) is 2. The first-order chi connectivity index (χ1) is 8.88. The summed E-state index contributed by atoms with van der Waals surface area (Å²) in [6.07, 6.45) is 1.71. The van der Waals surface area contributed by atoms with E-state index >= 15 is 0 Å². The van der Waals surface area contributed by atoms with Gasteiger partial charge in [0.15, 0.2) is 0 Å². The van der Waals surface area contributed by atoms with Crippen LogP contribution < -0.4 is 5.56 Å². The largest absolute Gasteiger partial charge is 0.508 e. The molecular weight excluding hydrogens is 240 g/mol. The molecule has 0 aliphatic rings. The summed E-state index contributed by atoms with van der Waals surface area (Å²) in [6, 6.07) is 8.49. The van der Waals surface area contributed by atoms with E-state index in [-0.39, 0.29) is 16.7 Å². The number of aromatic hydroxyl groups is 1.